The minimum absolute atomic E-state index is 0.0760. The van der Waals surface area contributed by atoms with Crippen molar-refractivity contribution in [3.8, 4) is 11.5 Å². The van der Waals surface area contributed by atoms with Crippen LogP contribution in [0.25, 0.3) is 16.5 Å². The fourth-order valence-corrected chi connectivity index (χ4v) is 5.26. The fourth-order valence-electron chi connectivity index (χ4n) is 5.26. The molecule has 0 saturated heterocycles. The molecule has 0 bridgehead atoms. The molecule has 0 radical (unpaired) electrons. The Hall–Kier alpha value is -4.31. The van der Waals surface area contributed by atoms with E-state index in [0.29, 0.717) is 5.56 Å². The Balaban J connectivity index is 1.46. The molecule has 0 fully saturated rings. The van der Waals surface area contributed by atoms with Gasteiger partial charge in [0.15, 0.2) is 0 Å². The van der Waals surface area contributed by atoms with Crippen molar-refractivity contribution >= 4 is 16.5 Å². The van der Waals surface area contributed by atoms with E-state index in [1.54, 1.807) is 0 Å². The molecular weight excluding hydrogens is 436 g/mol. The van der Waals surface area contributed by atoms with Gasteiger partial charge in [0, 0.05) is 23.6 Å². The van der Waals surface area contributed by atoms with Crippen LogP contribution in [0.1, 0.15) is 44.9 Å². The number of hydrogen-bond acceptors (Lipinski definition) is 4. The molecule has 2 aliphatic carbocycles. The van der Waals surface area contributed by atoms with Crippen LogP contribution in [-0.2, 0) is 6.42 Å². The zero-order valence-electron chi connectivity index (χ0n) is 19.5. The SMILES string of the molecule is Cc1ccc2c(c1)Cc1cc(C)ccc1C2=C1C=CC(c2coc3cc(O)cc(O)c3c2=O)C=C1. The summed E-state index contributed by atoms with van der Waals surface area (Å²) < 4.78 is 5.60. The molecule has 0 aliphatic heterocycles. The molecule has 3 aromatic carbocycles. The maximum absolute atomic E-state index is 13.2. The number of phenolic OH excluding ortho intramolecular Hbond substituents is 2. The zero-order valence-corrected chi connectivity index (χ0v) is 19.5. The van der Waals surface area contributed by atoms with Gasteiger partial charge in [0.25, 0.3) is 0 Å². The maximum Gasteiger partial charge on any atom is 0.200 e. The van der Waals surface area contributed by atoms with Crippen molar-refractivity contribution in [3.63, 3.8) is 0 Å². The van der Waals surface area contributed by atoms with Gasteiger partial charge in [-0.15, -0.1) is 0 Å². The van der Waals surface area contributed by atoms with Gasteiger partial charge in [0.1, 0.15) is 22.5 Å². The van der Waals surface area contributed by atoms with Gasteiger partial charge < -0.3 is 14.6 Å². The quantitative estimate of drug-likeness (QED) is 0.302. The van der Waals surface area contributed by atoms with Crippen molar-refractivity contribution in [1.29, 1.82) is 0 Å². The Kier molecular flexibility index (Phi) is 4.78. The van der Waals surface area contributed by atoms with Crippen LogP contribution < -0.4 is 5.43 Å². The van der Waals surface area contributed by atoms with Crippen LogP contribution in [-0.4, -0.2) is 10.2 Å². The van der Waals surface area contributed by atoms with Gasteiger partial charge in [-0.25, -0.2) is 0 Å². The van der Waals surface area contributed by atoms with Crippen molar-refractivity contribution in [2.24, 2.45) is 0 Å². The average molecular weight is 461 g/mol. The van der Waals surface area contributed by atoms with E-state index >= 15 is 0 Å². The highest BCUT2D eigenvalue weighted by Gasteiger charge is 2.24. The fraction of sp³-hybridized carbons (Fsp3) is 0.129. The Morgan fingerprint density at radius 3 is 2.11 bits per heavy atom. The van der Waals surface area contributed by atoms with Crippen LogP contribution in [0, 0.1) is 13.8 Å². The second kappa shape index (κ2) is 7.88. The molecule has 0 amide bonds. The van der Waals surface area contributed by atoms with Crippen molar-refractivity contribution < 1.29 is 14.6 Å². The third-order valence-electron chi connectivity index (χ3n) is 6.92. The predicted octanol–water partition coefficient (Wildman–Crippen LogP) is 6.44. The molecule has 1 heterocycles. The maximum atomic E-state index is 13.2. The van der Waals surface area contributed by atoms with Crippen molar-refractivity contribution in [2.75, 3.05) is 0 Å². The van der Waals surface area contributed by atoms with Crippen molar-refractivity contribution in [2.45, 2.75) is 26.2 Å². The molecule has 172 valence electrons. The van der Waals surface area contributed by atoms with Gasteiger partial charge in [0.05, 0.1) is 6.26 Å². The second-order valence-corrected chi connectivity index (χ2v) is 9.43. The van der Waals surface area contributed by atoms with Gasteiger partial charge in [-0.3, -0.25) is 4.79 Å². The van der Waals surface area contributed by atoms with Gasteiger partial charge >= 0.3 is 0 Å². The minimum atomic E-state index is -0.307. The van der Waals surface area contributed by atoms with E-state index in [4.69, 9.17) is 4.42 Å². The van der Waals surface area contributed by atoms with E-state index in [1.807, 2.05) is 12.2 Å². The summed E-state index contributed by atoms with van der Waals surface area (Å²) in [5.74, 6) is -0.729. The molecule has 0 spiro atoms. The number of aryl methyl sites for hydroxylation is 2. The van der Waals surface area contributed by atoms with E-state index in [1.165, 1.54) is 51.3 Å². The number of rotatable bonds is 1. The van der Waals surface area contributed by atoms with E-state index in [0.717, 1.165) is 18.1 Å². The van der Waals surface area contributed by atoms with Crippen LogP contribution in [0.5, 0.6) is 11.5 Å². The molecule has 0 unspecified atom stereocenters. The standard InChI is InChI=1S/C31H24O4/c1-17-3-9-24-21(11-17)13-22-12-18(2)4-10-25(22)29(24)20-7-5-19(6-8-20)26-16-35-28-15-23(32)14-27(33)30(28)31(26)34/h3-12,14-16,19,32-33H,13H2,1-2H3. The predicted molar refractivity (Wildman–Crippen MR) is 138 cm³/mol. The molecule has 35 heavy (non-hydrogen) atoms. The highest BCUT2D eigenvalue weighted by atomic mass is 16.3. The molecule has 2 aliphatic rings. The zero-order chi connectivity index (χ0) is 24.3. The van der Waals surface area contributed by atoms with Crippen LogP contribution in [0.3, 0.4) is 0 Å². The summed E-state index contributed by atoms with van der Waals surface area (Å²) in [7, 11) is 0. The normalized spacial score (nSPS) is 16.5. The van der Waals surface area contributed by atoms with Crippen molar-refractivity contribution in [3.05, 3.63) is 134 Å². The van der Waals surface area contributed by atoms with E-state index < -0.39 is 0 Å². The number of aromatic hydroxyl groups is 2. The number of phenols is 2. The molecule has 4 nitrogen and oxygen atoms in total. The van der Waals surface area contributed by atoms with Gasteiger partial charge in [-0.05, 0) is 53.7 Å². The smallest absolute Gasteiger partial charge is 0.200 e. The third-order valence-corrected chi connectivity index (χ3v) is 6.92. The summed E-state index contributed by atoms with van der Waals surface area (Å²) in [6.45, 7) is 4.25. The van der Waals surface area contributed by atoms with E-state index in [2.05, 4.69) is 62.4 Å². The summed E-state index contributed by atoms with van der Waals surface area (Å²) in [6, 6.07) is 15.7. The van der Waals surface area contributed by atoms with Crippen LogP contribution in [0.4, 0.5) is 0 Å². The Labute approximate surface area is 202 Å². The van der Waals surface area contributed by atoms with Gasteiger partial charge in [-0.2, -0.15) is 0 Å². The minimum Gasteiger partial charge on any atom is -0.508 e. The summed E-state index contributed by atoms with van der Waals surface area (Å²) >= 11 is 0. The van der Waals surface area contributed by atoms with Gasteiger partial charge in [0.2, 0.25) is 5.43 Å². The number of hydrogen-bond donors (Lipinski definition) is 2. The third kappa shape index (κ3) is 3.50. The number of allylic oxidation sites excluding steroid dienone is 5. The summed E-state index contributed by atoms with van der Waals surface area (Å²) in [4.78, 5) is 13.2. The Morgan fingerprint density at radius 2 is 1.49 bits per heavy atom. The van der Waals surface area contributed by atoms with Gasteiger partial charge in [-0.1, -0.05) is 71.8 Å². The molecule has 4 heteroatoms. The largest absolute Gasteiger partial charge is 0.508 e. The molecule has 6 rings (SSSR count). The molecule has 0 saturated carbocycles. The van der Waals surface area contributed by atoms with E-state index in [9.17, 15) is 15.0 Å². The molecule has 4 aromatic rings. The molecule has 0 atom stereocenters. The Morgan fingerprint density at radius 1 is 0.857 bits per heavy atom. The topological polar surface area (TPSA) is 70.7 Å². The van der Waals surface area contributed by atoms with Crippen LogP contribution in [0.2, 0.25) is 0 Å². The summed E-state index contributed by atoms with van der Waals surface area (Å²) in [5.41, 5.74) is 10.2. The first kappa shape index (κ1) is 21.2. The average Bonchev–Trinajstić information content (AvgIpc) is 2.82. The lowest BCUT2D eigenvalue weighted by Gasteiger charge is -2.26. The molecule has 2 N–H and O–H groups in total. The number of benzene rings is 3. The molecular formula is C31H24O4. The highest BCUT2D eigenvalue weighted by molar-refractivity contribution is 5.91. The summed E-state index contributed by atoms with van der Waals surface area (Å²) in [5, 5.41) is 20.0. The molecule has 1 aromatic heterocycles. The lowest BCUT2D eigenvalue weighted by atomic mass is 9.78. The summed E-state index contributed by atoms with van der Waals surface area (Å²) in [6.07, 6.45) is 10.5. The highest BCUT2D eigenvalue weighted by Crippen LogP contribution is 2.40. The first-order valence-electron chi connectivity index (χ1n) is 11.7. The Bertz CT molecular complexity index is 1610. The van der Waals surface area contributed by atoms with Crippen LogP contribution in [0.15, 0.2) is 93.9 Å². The second-order valence-electron chi connectivity index (χ2n) is 9.43. The van der Waals surface area contributed by atoms with Crippen molar-refractivity contribution in [1.82, 2.24) is 0 Å². The first-order chi connectivity index (χ1) is 16.9. The van der Waals surface area contributed by atoms with Crippen LogP contribution >= 0.6 is 0 Å². The lowest BCUT2D eigenvalue weighted by molar-refractivity contribution is 0.451. The lowest BCUT2D eigenvalue weighted by Crippen LogP contribution is -2.13. The number of fused-ring (bicyclic) bond motifs is 3. The van der Waals surface area contributed by atoms with E-state index in [-0.39, 0.29) is 33.8 Å². The first-order valence-corrected chi connectivity index (χ1v) is 11.7. The monoisotopic (exact) mass is 460 g/mol.